The van der Waals surface area contributed by atoms with Crippen molar-refractivity contribution in [1.29, 1.82) is 0 Å². The van der Waals surface area contributed by atoms with Crippen LogP contribution in [0.25, 0.3) is 0 Å². The number of fused-ring (bicyclic) bond motifs is 1. The van der Waals surface area contributed by atoms with Crippen molar-refractivity contribution >= 4 is 23.5 Å². The summed E-state index contributed by atoms with van der Waals surface area (Å²) in [7, 11) is 4.79. The number of rotatable bonds is 5. The molecule has 0 fully saturated rings. The van der Waals surface area contributed by atoms with Crippen LogP contribution in [0.3, 0.4) is 0 Å². The van der Waals surface area contributed by atoms with Crippen LogP contribution >= 0.6 is 0 Å². The summed E-state index contributed by atoms with van der Waals surface area (Å²) in [4.78, 5) is 41.5. The molecule has 1 aromatic carbocycles. The molecule has 0 saturated heterocycles. The Morgan fingerprint density at radius 3 is 2.53 bits per heavy atom. The van der Waals surface area contributed by atoms with E-state index in [1.54, 1.807) is 42.2 Å². The van der Waals surface area contributed by atoms with Crippen molar-refractivity contribution in [1.82, 2.24) is 15.1 Å². The molecule has 0 saturated carbocycles. The lowest BCUT2D eigenvalue weighted by Gasteiger charge is -2.36. The summed E-state index contributed by atoms with van der Waals surface area (Å²) in [6.45, 7) is 8.50. The minimum atomic E-state index is -0.354. The number of hydrogen-bond donors (Lipinski definition) is 2. The highest BCUT2D eigenvalue weighted by Crippen LogP contribution is 2.27. The molecule has 1 aromatic rings. The number of nitrogens with one attached hydrogen (secondary N) is 2. The molecule has 3 atom stereocenters. The van der Waals surface area contributed by atoms with Gasteiger partial charge in [-0.25, -0.2) is 4.79 Å². The number of amides is 4. The van der Waals surface area contributed by atoms with E-state index in [1.807, 2.05) is 27.7 Å². The highest BCUT2D eigenvalue weighted by molar-refractivity contribution is 5.98. The van der Waals surface area contributed by atoms with Crippen LogP contribution in [-0.4, -0.2) is 93.4 Å². The Morgan fingerprint density at radius 1 is 1.21 bits per heavy atom. The fourth-order valence-electron chi connectivity index (χ4n) is 3.83. The van der Waals surface area contributed by atoms with Gasteiger partial charge in [-0.15, -0.1) is 0 Å². The van der Waals surface area contributed by atoms with Crippen LogP contribution in [0.5, 0.6) is 5.75 Å². The number of nitrogens with zero attached hydrogens (tertiary/aromatic N) is 2. The summed E-state index contributed by atoms with van der Waals surface area (Å²) < 4.78 is 16.8. The van der Waals surface area contributed by atoms with Crippen LogP contribution in [-0.2, 0) is 14.3 Å². The quantitative estimate of drug-likeness (QED) is 0.672. The van der Waals surface area contributed by atoms with Gasteiger partial charge in [-0.2, -0.15) is 0 Å². The van der Waals surface area contributed by atoms with Gasteiger partial charge in [-0.1, -0.05) is 6.92 Å². The molecule has 10 heteroatoms. The number of methoxy groups -OCH3 is 2. The third-order valence-electron chi connectivity index (χ3n) is 5.71. The minimum Gasteiger partial charge on any atom is -0.491 e. The second kappa shape index (κ2) is 12.6. The number of carbonyl (C=O) groups excluding carboxylic acids is 3. The van der Waals surface area contributed by atoms with E-state index in [9.17, 15) is 14.4 Å². The zero-order valence-corrected chi connectivity index (χ0v) is 21.2. The third kappa shape index (κ3) is 7.33. The van der Waals surface area contributed by atoms with Crippen LogP contribution in [0.4, 0.5) is 10.5 Å². The first-order valence-corrected chi connectivity index (χ1v) is 11.5. The van der Waals surface area contributed by atoms with E-state index in [-0.39, 0.29) is 55.2 Å². The monoisotopic (exact) mass is 478 g/mol. The molecule has 10 nitrogen and oxygen atoms in total. The fraction of sp³-hybridized carbons (Fsp3) is 0.625. The van der Waals surface area contributed by atoms with Crippen LogP contribution in [0.2, 0.25) is 0 Å². The standard InChI is InChI=1S/C24H38N4O6/c1-15(2)25-24(31)26-18-8-9-19-20(10-18)34-13-17(4)28(22(29)14-32-6)11-16(3)21(33-7)12-27(5)23(19)30/h8-10,15-17,21H,11-14H2,1-7H3,(H2,25,26,31)/t16-,17-,21+/m0/s1. The Balaban J connectivity index is 2.41. The van der Waals surface area contributed by atoms with Crippen molar-refractivity contribution in [3.05, 3.63) is 23.8 Å². The van der Waals surface area contributed by atoms with Gasteiger partial charge < -0.3 is 34.6 Å². The summed E-state index contributed by atoms with van der Waals surface area (Å²) in [5.74, 6) is -0.0769. The molecular weight excluding hydrogens is 440 g/mol. The van der Waals surface area contributed by atoms with Crippen molar-refractivity contribution in [3.63, 3.8) is 0 Å². The number of likely N-dealkylation sites (N-methyl/N-ethyl adjacent to an activating group) is 1. The summed E-state index contributed by atoms with van der Waals surface area (Å²) in [6, 6.07) is 4.25. The van der Waals surface area contributed by atoms with Gasteiger partial charge in [0.15, 0.2) is 0 Å². The Morgan fingerprint density at radius 2 is 1.91 bits per heavy atom. The molecule has 0 bridgehead atoms. The van der Waals surface area contributed by atoms with Crippen LogP contribution in [0, 0.1) is 5.92 Å². The largest absolute Gasteiger partial charge is 0.491 e. The number of carbonyl (C=O) groups is 3. The number of urea groups is 1. The number of ether oxygens (including phenoxy) is 3. The van der Waals surface area contributed by atoms with Crippen molar-refractivity contribution in [2.75, 3.05) is 52.9 Å². The van der Waals surface area contributed by atoms with Crippen molar-refractivity contribution in [2.24, 2.45) is 5.92 Å². The first-order valence-electron chi connectivity index (χ1n) is 11.5. The molecule has 0 radical (unpaired) electrons. The average molecular weight is 479 g/mol. The lowest BCUT2D eigenvalue weighted by Crippen LogP contribution is -2.49. The first-order chi connectivity index (χ1) is 16.1. The highest BCUT2D eigenvalue weighted by Gasteiger charge is 2.30. The summed E-state index contributed by atoms with van der Waals surface area (Å²) >= 11 is 0. The maximum absolute atomic E-state index is 13.2. The second-order valence-electron chi connectivity index (χ2n) is 9.04. The predicted octanol–water partition coefficient (Wildman–Crippen LogP) is 2.20. The molecule has 1 aliphatic rings. The summed E-state index contributed by atoms with van der Waals surface area (Å²) in [5.41, 5.74) is 0.852. The second-order valence-corrected chi connectivity index (χ2v) is 9.04. The maximum atomic E-state index is 13.2. The highest BCUT2D eigenvalue weighted by atomic mass is 16.5. The van der Waals surface area contributed by atoms with E-state index in [1.165, 1.54) is 7.11 Å². The maximum Gasteiger partial charge on any atom is 0.319 e. The molecule has 2 N–H and O–H groups in total. The molecule has 1 heterocycles. The zero-order chi connectivity index (χ0) is 25.4. The van der Waals surface area contributed by atoms with Gasteiger partial charge in [0.2, 0.25) is 5.91 Å². The molecule has 0 aliphatic carbocycles. The molecule has 2 rings (SSSR count). The number of benzene rings is 1. The number of hydrogen-bond acceptors (Lipinski definition) is 6. The van der Waals surface area contributed by atoms with Gasteiger partial charge >= 0.3 is 6.03 Å². The fourth-order valence-corrected chi connectivity index (χ4v) is 3.83. The van der Waals surface area contributed by atoms with Gasteiger partial charge in [-0.05, 0) is 32.9 Å². The molecule has 0 aromatic heterocycles. The molecule has 0 unspecified atom stereocenters. The van der Waals surface area contributed by atoms with Gasteiger partial charge in [0, 0.05) is 58.1 Å². The van der Waals surface area contributed by atoms with E-state index in [0.29, 0.717) is 30.1 Å². The lowest BCUT2D eigenvalue weighted by atomic mass is 10.0. The van der Waals surface area contributed by atoms with Gasteiger partial charge in [0.1, 0.15) is 19.0 Å². The smallest absolute Gasteiger partial charge is 0.319 e. The van der Waals surface area contributed by atoms with E-state index >= 15 is 0 Å². The number of anilines is 1. The molecule has 4 amide bonds. The SMILES string of the molecule is COCC(=O)N1C[C@H](C)[C@H](OC)CN(C)C(=O)c2ccc(NC(=O)NC(C)C)cc2OC[C@@H]1C. The molecular formula is C24H38N4O6. The molecule has 34 heavy (non-hydrogen) atoms. The van der Waals surface area contributed by atoms with E-state index in [4.69, 9.17) is 14.2 Å². The lowest BCUT2D eigenvalue weighted by molar-refractivity contribution is -0.139. The average Bonchev–Trinajstić information content (AvgIpc) is 2.77. The van der Waals surface area contributed by atoms with E-state index < -0.39 is 0 Å². The van der Waals surface area contributed by atoms with Crippen molar-refractivity contribution in [3.8, 4) is 5.75 Å². The van der Waals surface area contributed by atoms with Crippen molar-refractivity contribution in [2.45, 2.75) is 45.9 Å². The molecule has 190 valence electrons. The van der Waals surface area contributed by atoms with Gasteiger partial charge in [-0.3, -0.25) is 9.59 Å². The Labute approximate surface area is 201 Å². The topological polar surface area (TPSA) is 109 Å². The predicted molar refractivity (Wildman–Crippen MR) is 129 cm³/mol. The molecule has 1 aliphatic heterocycles. The Kier molecular flexibility index (Phi) is 10.1. The summed E-state index contributed by atoms with van der Waals surface area (Å²) in [6.07, 6.45) is -0.275. The zero-order valence-electron chi connectivity index (χ0n) is 21.2. The molecule has 0 spiro atoms. The van der Waals surface area contributed by atoms with Crippen LogP contribution in [0.1, 0.15) is 38.1 Å². The minimum absolute atomic E-state index is 0.0247. The van der Waals surface area contributed by atoms with E-state index in [0.717, 1.165) is 0 Å². The van der Waals surface area contributed by atoms with Crippen molar-refractivity contribution < 1.29 is 28.6 Å². The Bertz CT molecular complexity index is 862. The Hall–Kier alpha value is -2.85. The van der Waals surface area contributed by atoms with Gasteiger partial charge in [0.05, 0.1) is 17.7 Å². The third-order valence-corrected chi connectivity index (χ3v) is 5.71. The van der Waals surface area contributed by atoms with Crippen LogP contribution in [0.15, 0.2) is 18.2 Å². The normalized spacial score (nSPS) is 21.8. The van der Waals surface area contributed by atoms with E-state index in [2.05, 4.69) is 10.6 Å². The first kappa shape index (κ1) is 27.4. The summed E-state index contributed by atoms with van der Waals surface area (Å²) in [5, 5.41) is 5.52. The van der Waals surface area contributed by atoms with Gasteiger partial charge in [0.25, 0.3) is 5.91 Å². The van der Waals surface area contributed by atoms with Crippen LogP contribution < -0.4 is 15.4 Å².